The first-order valence-corrected chi connectivity index (χ1v) is 8.11. The van der Waals surface area contributed by atoms with Gasteiger partial charge < -0.3 is 4.74 Å². The quantitative estimate of drug-likeness (QED) is 0.734. The van der Waals surface area contributed by atoms with Crippen LogP contribution in [0.2, 0.25) is 0 Å². The molecule has 2 heterocycles. The maximum absolute atomic E-state index is 5.91. The lowest BCUT2D eigenvalue weighted by Gasteiger charge is -2.31. The van der Waals surface area contributed by atoms with Crippen molar-refractivity contribution in [2.75, 3.05) is 6.61 Å². The van der Waals surface area contributed by atoms with E-state index >= 15 is 0 Å². The van der Waals surface area contributed by atoms with Crippen molar-refractivity contribution in [3.63, 3.8) is 0 Å². The molecule has 0 aromatic heterocycles. The average molecular weight is 274 g/mol. The van der Waals surface area contributed by atoms with Gasteiger partial charge in [-0.1, -0.05) is 37.3 Å². The summed E-state index contributed by atoms with van der Waals surface area (Å²) in [6.07, 6.45) is 6.08. The predicted molar refractivity (Wildman–Crippen MR) is 83.2 cm³/mol. The second-order valence-corrected chi connectivity index (χ2v) is 7.67. The number of fused-ring (bicyclic) bond motifs is 2. The molecule has 0 spiro atoms. The zero-order chi connectivity index (χ0) is 13.3. The molecule has 2 bridgehead atoms. The first-order chi connectivity index (χ1) is 9.17. The van der Waals surface area contributed by atoms with Gasteiger partial charge in [0.05, 0.1) is 12.9 Å². The third kappa shape index (κ3) is 2.69. The van der Waals surface area contributed by atoms with Crippen molar-refractivity contribution in [2.24, 2.45) is 5.41 Å². The Hall–Kier alpha value is -0.890. The third-order valence-corrected chi connectivity index (χ3v) is 6.40. The molecule has 19 heavy (non-hydrogen) atoms. The summed E-state index contributed by atoms with van der Waals surface area (Å²) in [5, 5.41) is 1.72. The molecule has 1 aromatic rings. The number of rotatable bonds is 4. The molecule has 2 aliphatic heterocycles. The number of ether oxygens (including phenoxy) is 1. The minimum atomic E-state index is 0.390. The number of thioether (sulfide) groups is 1. The Morgan fingerprint density at radius 3 is 2.79 bits per heavy atom. The van der Waals surface area contributed by atoms with Gasteiger partial charge in [0.25, 0.3) is 0 Å². The van der Waals surface area contributed by atoms with Gasteiger partial charge in [0.1, 0.15) is 0 Å². The van der Waals surface area contributed by atoms with E-state index in [1.54, 1.807) is 0 Å². The minimum Gasteiger partial charge on any atom is -0.500 e. The highest BCUT2D eigenvalue weighted by Gasteiger charge is 2.49. The van der Waals surface area contributed by atoms with Gasteiger partial charge in [0.15, 0.2) is 0 Å². The maximum atomic E-state index is 5.91. The summed E-state index contributed by atoms with van der Waals surface area (Å²) in [5.74, 6) is 0. The lowest BCUT2D eigenvalue weighted by atomic mass is 9.76. The summed E-state index contributed by atoms with van der Waals surface area (Å²) < 4.78 is 5.91. The summed E-state index contributed by atoms with van der Waals surface area (Å²) >= 11 is 2.19. The zero-order valence-electron chi connectivity index (χ0n) is 11.8. The Morgan fingerprint density at radius 1 is 1.37 bits per heavy atom. The molecule has 3 atom stereocenters. The van der Waals surface area contributed by atoms with Crippen LogP contribution in [0.5, 0.6) is 0 Å². The van der Waals surface area contributed by atoms with Crippen molar-refractivity contribution in [1.82, 2.24) is 0 Å². The molecule has 3 rings (SSSR count). The van der Waals surface area contributed by atoms with Gasteiger partial charge in [-0.25, -0.2) is 0 Å². The van der Waals surface area contributed by atoms with Crippen LogP contribution in [0.1, 0.15) is 38.7 Å². The van der Waals surface area contributed by atoms with Crippen molar-refractivity contribution in [3.05, 3.63) is 42.2 Å². The second-order valence-electron chi connectivity index (χ2n) is 6.16. The highest BCUT2D eigenvalue weighted by molar-refractivity contribution is 8.01. The summed E-state index contributed by atoms with van der Waals surface area (Å²) in [7, 11) is 0. The lowest BCUT2D eigenvalue weighted by Crippen LogP contribution is -2.32. The molecule has 0 N–H and O–H groups in total. The Labute approximate surface area is 120 Å². The molecule has 1 aromatic carbocycles. The number of hydrogen-bond donors (Lipinski definition) is 0. The Morgan fingerprint density at radius 2 is 2.16 bits per heavy atom. The third-order valence-electron chi connectivity index (χ3n) is 4.48. The predicted octanol–water partition coefficient (Wildman–Crippen LogP) is 4.74. The summed E-state index contributed by atoms with van der Waals surface area (Å²) in [6, 6.07) is 10.4. The fourth-order valence-corrected chi connectivity index (χ4v) is 5.28. The van der Waals surface area contributed by atoms with Crippen molar-refractivity contribution in [2.45, 2.75) is 43.6 Å². The molecule has 3 unspecified atom stereocenters. The van der Waals surface area contributed by atoms with Crippen LogP contribution in [-0.4, -0.2) is 17.1 Å². The van der Waals surface area contributed by atoms with Gasteiger partial charge in [-0.15, -0.1) is 0 Å². The van der Waals surface area contributed by atoms with Crippen LogP contribution >= 0.6 is 11.8 Å². The normalized spacial score (nSPS) is 33.7. The summed E-state index contributed by atoms with van der Waals surface area (Å²) in [6.45, 7) is 5.38. The topological polar surface area (TPSA) is 9.23 Å². The smallest absolute Gasteiger partial charge is 0.0937 e. The van der Waals surface area contributed by atoms with Crippen molar-refractivity contribution < 1.29 is 4.74 Å². The summed E-state index contributed by atoms with van der Waals surface area (Å²) in [5.41, 5.74) is 2.84. The fourth-order valence-electron chi connectivity index (χ4n) is 3.30. The maximum Gasteiger partial charge on any atom is 0.0937 e. The molecule has 0 aliphatic carbocycles. The first-order valence-electron chi connectivity index (χ1n) is 7.17. The van der Waals surface area contributed by atoms with Gasteiger partial charge in [0, 0.05) is 15.9 Å². The second kappa shape index (κ2) is 5.24. The van der Waals surface area contributed by atoms with Gasteiger partial charge in [-0.2, -0.15) is 11.8 Å². The van der Waals surface area contributed by atoms with Crippen LogP contribution in [0.3, 0.4) is 0 Å². The fraction of sp³-hybridized carbons (Fsp3) is 0.529. The largest absolute Gasteiger partial charge is 0.500 e. The number of allylic oxidation sites excluding steroid dienone is 1. The van der Waals surface area contributed by atoms with Crippen LogP contribution in [0.15, 0.2) is 36.6 Å². The van der Waals surface area contributed by atoms with E-state index in [1.165, 1.54) is 30.4 Å². The van der Waals surface area contributed by atoms with Gasteiger partial charge in [0.2, 0.25) is 0 Å². The van der Waals surface area contributed by atoms with Gasteiger partial charge in [-0.3, -0.25) is 0 Å². The zero-order valence-corrected chi connectivity index (χ0v) is 12.6. The van der Waals surface area contributed by atoms with E-state index in [0.29, 0.717) is 5.41 Å². The molecule has 1 nitrogen and oxygen atoms in total. The van der Waals surface area contributed by atoms with E-state index in [1.807, 2.05) is 12.3 Å². The molecule has 2 saturated heterocycles. The molecule has 0 radical (unpaired) electrons. The highest BCUT2D eigenvalue weighted by Crippen LogP contribution is 2.56. The molecule has 2 fully saturated rings. The molecular weight excluding hydrogens is 252 g/mol. The standard InChI is InChI=1S/C17H22OS/c1-13(14-6-4-3-5-7-14)11-18-12-17(2)10-15-8-9-16(17)19-15/h3-7,11,15-16H,8-10,12H2,1-2H3/b13-11-. The van der Waals surface area contributed by atoms with E-state index in [9.17, 15) is 0 Å². The van der Waals surface area contributed by atoms with E-state index in [-0.39, 0.29) is 0 Å². The lowest BCUT2D eigenvalue weighted by molar-refractivity contribution is 0.106. The Kier molecular flexibility index (Phi) is 3.62. The van der Waals surface area contributed by atoms with Crippen LogP contribution < -0.4 is 0 Å². The number of hydrogen-bond acceptors (Lipinski definition) is 2. The molecule has 0 amide bonds. The minimum absolute atomic E-state index is 0.390. The van der Waals surface area contributed by atoms with Gasteiger partial charge in [-0.05, 0) is 37.3 Å². The Balaban J connectivity index is 1.58. The van der Waals surface area contributed by atoms with Crippen molar-refractivity contribution in [3.8, 4) is 0 Å². The van der Waals surface area contributed by atoms with Crippen LogP contribution in [0.25, 0.3) is 5.57 Å². The van der Waals surface area contributed by atoms with Crippen LogP contribution in [0.4, 0.5) is 0 Å². The molecule has 0 saturated carbocycles. The highest BCUT2D eigenvalue weighted by atomic mass is 32.2. The SMILES string of the molecule is C/C(=C/OCC1(C)CC2CCC1S2)c1ccccc1. The monoisotopic (exact) mass is 274 g/mol. The van der Waals surface area contributed by atoms with Crippen molar-refractivity contribution in [1.29, 1.82) is 0 Å². The summed E-state index contributed by atoms with van der Waals surface area (Å²) in [4.78, 5) is 0. The molecule has 102 valence electrons. The van der Waals surface area contributed by atoms with Crippen LogP contribution in [0, 0.1) is 5.41 Å². The van der Waals surface area contributed by atoms with E-state index in [2.05, 4.69) is 49.9 Å². The molecular formula is C17H22OS. The Bertz CT molecular complexity index is 467. The van der Waals surface area contributed by atoms with Crippen molar-refractivity contribution >= 4 is 17.3 Å². The molecule has 2 aliphatic rings. The van der Waals surface area contributed by atoms with Crippen LogP contribution in [-0.2, 0) is 4.74 Å². The van der Waals surface area contributed by atoms with E-state index in [0.717, 1.165) is 17.1 Å². The molecule has 2 heteroatoms. The first kappa shape index (κ1) is 13.1. The number of benzene rings is 1. The van der Waals surface area contributed by atoms with E-state index < -0.39 is 0 Å². The van der Waals surface area contributed by atoms with E-state index in [4.69, 9.17) is 4.74 Å². The van der Waals surface area contributed by atoms with Gasteiger partial charge >= 0.3 is 0 Å². The average Bonchev–Trinajstić information content (AvgIpc) is 3.00.